The quantitative estimate of drug-likeness (QED) is 0.425. The molecule has 7 nitrogen and oxygen atoms in total. The van der Waals surface area contributed by atoms with E-state index in [0.29, 0.717) is 26.1 Å². The van der Waals surface area contributed by atoms with Crippen LogP contribution in [0.4, 0.5) is 0 Å². The lowest BCUT2D eigenvalue weighted by Gasteiger charge is -2.26. The molecular formula is C17H31N3O4. The number of nitrogens with zero attached hydrogens (tertiary/aromatic N) is 1. The first-order valence-electron chi connectivity index (χ1n) is 8.73. The normalized spacial score (nSPS) is 15.8. The lowest BCUT2D eigenvalue weighted by Crippen LogP contribution is -2.38. The summed E-state index contributed by atoms with van der Waals surface area (Å²) in [5.74, 6) is -0.188. The molecule has 0 unspecified atom stereocenters. The minimum atomic E-state index is -0.230. The van der Waals surface area contributed by atoms with Gasteiger partial charge in [0.25, 0.3) is 0 Å². The number of carbonyl (C=O) groups is 2. The highest BCUT2D eigenvalue weighted by molar-refractivity contribution is 5.76. The van der Waals surface area contributed by atoms with Crippen molar-refractivity contribution in [2.24, 2.45) is 0 Å². The van der Waals surface area contributed by atoms with Crippen LogP contribution in [0.3, 0.4) is 0 Å². The zero-order valence-corrected chi connectivity index (χ0v) is 14.9. The second kappa shape index (κ2) is 12.8. The Kier molecular flexibility index (Phi) is 10.9. The van der Waals surface area contributed by atoms with Crippen LogP contribution in [0.25, 0.3) is 0 Å². The van der Waals surface area contributed by atoms with Crippen molar-refractivity contribution in [1.29, 1.82) is 0 Å². The molecule has 1 aliphatic heterocycles. The third-order valence-electron chi connectivity index (χ3n) is 3.65. The number of esters is 1. The average Bonchev–Trinajstić information content (AvgIpc) is 2.57. The zero-order valence-electron chi connectivity index (χ0n) is 14.9. The van der Waals surface area contributed by atoms with E-state index >= 15 is 0 Å². The van der Waals surface area contributed by atoms with Gasteiger partial charge in [0.05, 0.1) is 26.2 Å². The van der Waals surface area contributed by atoms with E-state index < -0.39 is 0 Å². The minimum absolute atomic E-state index is 0.0425. The van der Waals surface area contributed by atoms with E-state index in [-0.39, 0.29) is 18.3 Å². The van der Waals surface area contributed by atoms with Crippen molar-refractivity contribution in [2.45, 2.75) is 33.1 Å². The average molecular weight is 341 g/mol. The Morgan fingerprint density at radius 1 is 1.25 bits per heavy atom. The molecule has 0 aliphatic carbocycles. The van der Waals surface area contributed by atoms with Gasteiger partial charge < -0.3 is 20.1 Å². The van der Waals surface area contributed by atoms with Gasteiger partial charge in [-0.15, -0.1) is 0 Å². The first-order valence-corrected chi connectivity index (χ1v) is 8.73. The fourth-order valence-corrected chi connectivity index (χ4v) is 2.37. The smallest absolute Gasteiger partial charge is 0.309 e. The fourth-order valence-electron chi connectivity index (χ4n) is 2.37. The molecule has 1 rings (SSSR count). The second-order valence-electron chi connectivity index (χ2n) is 5.83. The van der Waals surface area contributed by atoms with Gasteiger partial charge in [0.15, 0.2) is 0 Å². The molecule has 138 valence electrons. The standard InChI is InChI=1S/C17H31N3O4/c1-3-24-17(22)13-15(2)14-18-7-5-16(21)19-6-4-8-20-9-11-23-12-10-20/h14,18H,3-13H2,1-2H3,(H,19,21)/b15-14-. The van der Waals surface area contributed by atoms with Gasteiger partial charge in [-0.3, -0.25) is 14.5 Å². The first kappa shape index (κ1) is 20.4. The monoisotopic (exact) mass is 341 g/mol. The summed E-state index contributed by atoms with van der Waals surface area (Å²) in [7, 11) is 0. The van der Waals surface area contributed by atoms with Crippen LogP contribution in [0.2, 0.25) is 0 Å². The van der Waals surface area contributed by atoms with Gasteiger partial charge in [-0.2, -0.15) is 0 Å². The highest BCUT2D eigenvalue weighted by Gasteiger charge is 2.09. The van der Waals surface area contributed by atoms with Crippen molar-refractivity contribution < 1.29 is 19.1 Å². The molecule has 1 amide bonds. The molecule has 0 saturated carbocycles. The van der Waals surface area contributed by atoms with Crippen molar-refractivity contribution in [3.63, 3.8) is 0 Å². The molecule has 2 N–H and O–H groups in total. The number of hydrogen-bond donors (Lipinski definition) is 2. The molecular weight excluding hydrogens is 310 g/mol. The minimum Gasteiger partial charge on any atom is -0.466 e. The van der Waals surface area contributed by atoms with Crippen LogP contribution in [0, 0.1) is 0 Å². The maximum Gasteiger partial charge on any atom is 0.309 e. The molecule has 0 radical (unpaired) electrons. The number of carbonyl (C=O) groups excluding carboxylic acids is 2. The van der Waals surface area contributed by atoms with Crippen LogP contribution in [-0.2, 0) is 19.1 Å². The van der Waals surface area contributed by atoms with Crippen molar-refractivity contribution in [2.75, 3.05) is 52.5 Å². The molecule has 1 saturated heterocycles. The van der Waals surface area contributed by atoms with E-state index in [1.54, 1.807) is 13.1 Å². The van der Waals surface area contributed by atoms with Gasteiger partial charge in [0, 0.05) is 32.6 Å². The molecule has 0 aromatic carbocycles. The first-order chi connectivity index (χ1) is 11.6. The van der Waals surface area contributed by atoms with Gasteiger partial charge in [-0.1, -0.05) is 0 Å². The SMILES string of the molecule is CCOC(=O)C/C(C)=C\NCCC(=O)NCCCN1CCOCC1. The molecule has 1 heterocycles. The molecule has 1 fully saturated rings. The maximum absolute atomic E-state index is 11.7. The largest absolute Gasteiger partial charge is 0.466 e. The summed E-state index contributed by atoms with van der Waals surface area (Å²) in [6.07, 6.45) is 3.41. The van der Waals surface area contributed by atoms with E-state index in [0.717, 1.165) is 44.8 Å². The van der Waals surface area contributed by atoms with E-state index in [9.17, 15) is 9.59 Å². The summed E-state index contributed by atoms with van der Waals surface area (Å²) in [5.41, 5.74) is 0.888. The molecule has 7 heteroatoms. The molecule has 0 aromatic heterocycles. The number of morpholine rings is 1. The van der Waals surface area contributed by atoms with Crippen molar-refractivity contribution >= 4 is 11.9 Å². The number of amides is 1. The van der Waals surface area contributed by atoms with Crippen molar-refractivity contribution in [3.05, 3.63) is 11.8 Å². The van der Waals surface area contributed by atoms with Gasteiger partial charge in [0.2, 0.25) is 5.91 Å². The number of hydrogen-bond acceptors (Lipinski definition) is 6. The summed E-state index contributed by atoms with van der Waals surface area (Å²) in [4.78, 5) is 25.4. The Balaban J connectivity index is 1.99. The van der Waals surface area contributed by atoms with Crippen LogP contribution < -0.4 is 10.6 Å². The summed E-state index contributed by atoms with van der Waals surface area (Å²) in [6.45, 7) is 9.86. The van der Waals surface area contributed by atoms with E-state index in [4.69, 9.17) is 9.47 Å². The van der Waals surface area contributed by atoms with Crippen LogP contribution in [-0.4, -0.2) is 69.3 Å². The Morgan fingerprint density at radius 3 is 2.71 bits per heavy atom. The lowest BCUT2D eigenvalue weighted by atomic mass is 10.2. The molecule has 0 aromatic rings. The van der Waals surface area contributed by atoms with Crippen LogP contribution in [0.15, 0.2) is 11.8 Å². The van der Waals surface area contributed by atoms with E-state index in [1.165, 1.54) is 0 Å². The van der Waals surface area contributed by atoms with Crippen molar-refractivity contribution in [3.8, 4) is 0 Å². The Hall–Kier alpha value is -1.60. The predicted octanol–water partition coefficient (Wildman–Crippen LogP) is 0.662. The third-order valence-corrected chi connectivity index (χ3v) is 3.65. The van der Waals surface area contributed by atoms with E-state index in [1.807, 2.05) is 6.92 Å². The highest BCUT2D eigenvalue weighted by Crippen LogP contribution is 2.00. The third kappa shape index (κ3) is 10.2. The second-order valence-corrected chi connectivity index (χ2v) is 5.83. The highest BCUT2D eigenvalue weighted by atomic mass is 16.5. The Labute approximate surface area is 144 Å². The van der Waals surface area contributed by atoms with Gasteiger partial charge >= 0.3 is 5.97 Å². The summed E-state index contributed by atoms with van der Waals surface area (Å²) in [5, 5.41) is 5.98. The van der Waals surface area contributed by atoms with Crippen LogP contribution in [0.1, 0.15) is 33.1 Å². The van der Waals surface area contributed by atoms with Gasteiger partial charge in [-0.05, 0) is 38.6 Å². The number of ether oxygens (including phenoxy) is 2. The maximum atomic E-state index is 11.7. The van der Waals surface area contributed by atoms with Crippen LogP contribution >= 0.6 is 0 Å². The molecule has 0 bridgehead atoms. The predicted molar refractivity (Wildman–Crippen MR) is 92.5 cm³/mol. The van der Waals surface area contributed by atoms with Gasteiger partial charge in [-0.25, -0.2) is 0 Å². The van der Waals surface area contributed by atoms with Crippen molar-refractivity contribution in [1.82, 2.24) is 15.5 Å². The summed E-state index contributed by atoms with van der Waals surface area (Å²) in [6, 6.07) is 0. The fraction of sp³-hybridized carbons (Fsp3) is 0.765. The number of nitrogens with one attached hydrogen (secondary N) is 2. The molecule has 24 heavy (non-hydrogen) atoms. The summed E-state index contributed by atoms with van der Waals surface area (Å²) < 4.78 is 10.2. The van der Waals surface area contributed by atoms with Crippen LogP contribution in [0.5, 0.6) is 0 Å². The van der Waals surface area contributed by atoms with Gasteiger partial charge in [0.1, 0.15) is 0 Å². The Bertz CT molecular complexity index is 407. The molecule has 0 atom stereocenters. The number of rotatable bonds is 11. The topological polar surface area (TPSA) is 79.9 Å². The summed E-state index contributed by atoms with van der Waals surface area (Å²) >= 11 is 0. The Morgan fingerprint density at radius 2 is 2.00 bits per heavy atom. The van der Waals surface area contributed by atoms with E-state index in [2.05, 4.69) is 15.5 Å². The zero-order chi connectivity index (χ0) is 17.6. The molecule has 0 spiro atoms. The molecule has 1 aliphatic rings. The lowest BCUT2D eigenvalue weighted by molar-refractivity contribution is -0.142.